The van der Waals surface area contributed by atoms with Crippen molar-refractivity contribution in [1.29, 1.82) is 0 Å². The van der Waals surface area contributed by atoms with Crippen molar-refractivity contribution in [3.05, 3.63) is 82.6 Å². The van der Waals surface area contributed by atoms with Crippen molar-refractivity contribution in [2.24, 2.45) is 11.8 Å². The molecule has 2 aromatic carbocycles. The van der Waals surface area contributed by atoms with Gasteiger partial charge in [-0.3, -0.25) is 4.79 Å². The Morgan fingerprint density at radius 2 is 1.67 bits per heavy atom. The van der Waals surface area contributed by atoms with E-state index in [-0.39, 0.29) is 17.9 Å². The maximum absolute atomic E-state index is 13.1. The third-order valence-electron chi connectivity index (χ3n) is 6.50. The van der Waals surface area contributed by atoms with Gasteiger partial charge in [-0.15, -0.1) is 0 Å². The predicted octanol–water partition coefficient (Wildman–Crippen LogP) is 5.77. The van der Waals surface area contributed by atoms with Gasteiger partial charge in [-0.25, -0.2) is 4.79 Å². The number of halogens is 3. The minimum atomic E-state index is -4.43. The molecule has 1 fully saturated rings. The van der Waals surface area contributed by atoms with Crippen molar-refractivity contribution in [2.75, 3.05) is 0 Å². The monoisotopic (exact) mass is 458 g/mol. The summed E-state index contributed by atoms with van der Waals surface area (Å²) in [6.45, 7) is 1.81. The number of aliphatic hydroxyl groups is 1. The molecular formula is C26H25F3O4. The molecule has 3 unspecified atom stereocenters. The smallest absolute Gasteiger partial charge is 0.416 e. The Morgan fingerprint density at radius 1 is 1.03 bits per heavy atom. The summed E-state index contributed by atoms with van der Waals surface area (Å²) in [7, 11) is 0. The van der Waals surface area contributed by atoms with Gasteiger partial charge in [0.15, 0.2) is 11.9 Å². The summed E-state index contributed by atoms with van der Waals surface area (Å²) in [4.78, 5) is 26.1. The normalized spacial score (nSPS) is 21.0. The van der Waals surface area contributed by atoms with Crippen molar-refractivity contribution in [1.82, 2.24) is 0 Å². The van der Waals surface area contributed by atoms with Crippen LogP contribution in [0.4, 0.5) is 13.2 Å². The molecule has 4 rings (SSSR count). The van der Waals surface area contributed by atoms with Crippen molar-refractivity contribution >= 4 is 11.8 Å². The van der Waals surface area contributed by atoms with Crippen LogP contribution in [-0.4, -0.2) is 23.0 Å². The standard InChI is InChI=1S/C26H25F3O4/c1-2-16(14-15-8-12-19(13-9-15)26(27,28)29)24-23(31)22(30)21(25(32)33-24)20(18-10-11-18)17-6-4-3-5-7-17/h3-9,12-13,16,18,20,24,30H,2,10-11,14H2,1H3. The highest BCUT2D eigenvalue weighted by molar-refractivity contribution is 6.09. The van der Waals surface area contributed by atoms with Gasteiger partial charge in [0.05, 0.1) is 11.1 Å². The van der Waals surface area contributed by atoms with Crippen LogP contribution in [0.2, 0.25) is 0 Å². The van der Waals surface area contributed by atoms with Crippen molar-refractivity contribution in [3.63, 3.8) is 0 Å². The van der Waals surface area contributed by atoms with Crippen LogP contribution in [0, 0.1) is 11.8 Å². The molecule has 1 saturated carbocycles. The number of aliphatic hydroxyl groups excluding tert-OH is 1. The molecule has 0 aromatic heterocycles. The van der Waals surface area contributed by atoms with Crippen LogP contribution in [0.15, 0.2) is 65.9 Å². The number of Topliss-reactive ketones (excluding diaryl/α,β-unsaturated/α-hetero) is 1. The molecule has 1 aliphatic carbocycles. The van der Waals surface area contributed by atoms with Crippen LogP contribution >= 0.6 is 0 Å². The maximum atomic E-state index is 13.1. The molecular weight excluding hydrogens is 433 g/mol. The van der Waals surface area contributed by atoms with Gasteiger partial charge in [-0.05, 0) is 54.9 Å². The van der Waals surface area contributed by atoms with E-state index in [0.717, 1.165) is 30.5 Å². The summed E-state index contributed by atoms with van der Waals surface area (Å²) in [5.41, 5.74) is 0.695. The third kappa shape index (κ3) is 4.82. The number of carbonyl (C=O) groups is 2. The highest BCUT2D eigenvalue weighted by Gasteiger charge is 2.47. The van der Waals surface area contributed by atoms with Crippen LogP contribution in [-0.2, 0) is 26.9 Å². The molecule has 1 heterocycles. The number of cyclic esters (lactones) is 1. The van der Waals surface area contributed by atoms with Crippen LogP contribution in [0.1, 0.15) is 48.8 Å². The third-order valence-corrected chi connectivity index (χ3v) is 6.50. The average molecular weight is 458 g/mol. The number of esters is 1. The fourth-order valence-electron chi connectivity index (χ4n) is 4.54. The SMILES string of the molecule is CCC(Cc1ccc(C(F)(F)F)cc1)C1OC(=O)C(C(c2ccccc2)C2CC2)=C(O)C1=O. The molecule has 2 aliphatic rings. The van der Waals surface area contributed by atoms with Gasteiger partial charge in [0.1, 0.15) is 0 Å². The van der Waals surface area contributed by atoms with Crippen LogP contribution in [0.5, 0.6) is 0 Å². The topological polar surface area (TPSA) is 63.6 Å². The molecule has 33 heavy (non-hydrogen) atoms. The van der Waals surface area contributed by atoms with Gasteiger partial charge in [0, 0.05) is 11.8 Å². The lowest BCUT2D eigenvalue weighted by atomic mass is 9.81. The Hall–Kier alpha value is -3.09. The molecule has 1 aliphatic heterocycles. The van der Waals surface area contributed by atoms with Crippen LogP contribution in [0.25, 0.3) is 0 Å². The lowest BCUT2D eigenvalue weighted by molar-refractivity contribution is -0.158. The second kappa shape index (κ2) is 9.04. The molecule has 7 heteroatoms. The van der Waals surface area contributed by atoms with E-state index in [0.29, 0.717) is 12.0 Å². The molecule has 0 saturated heterocycles. The fraction of sp³-hybridized carbons (Fsp3) is 0.385. The number of hydrogen-bond donors (Lipinski definition) is 1. The molecule has 2 aromatic rings. The first-order valence-electron chi connectivity index (χ1n) is 11.1. The summed E-state index contributed by atoms with van der Waals surface area (Å²) in [5.74, 6) is -2.62. The number of benzene rings is 2. The van der Waals surface area contributed by atoms with Gasteiger partial charge in [-0.1, -0.05) is 49.4 Å². The minimum Gasteiger partial charge on any atom is -0.504 e. The van der Waals surface area contributed by atoms with Gasteiger partial charge in [0.2, 0.25) is 5.78 Å². The Morgan fingerprint density at radius 3 is 2.21 bits per heavy atom. The predicted molar refractivity (Wildman–Crippen MR) is 115 cm³/mol. The molecule has 0 radical (unpaired) electrons. The van der Waals surface area contributed by atoms with Crippen molar-refractivity contribution < 1.29 is 32.6 Å². The van der Waals surface area contributed by atoms with Crippen molar-refractivity contribution in [2.45, 2.75) is 50.8 Å². The number of alkyl halides is 3. The Bertz CT molecular complexity index is 1050. The summed E-state index contributed by atoms with van der Waals surface area (Å²) in [6, 6.07) is 14.0. The Labute approximate surface area is 190 Å². The molecule has 0 bridgehead atoms. The highest BCUT2D eigenvalue weighted by Crippen LogP contribution is 2.48. The zero-order chi connectivity index (χ0) is 23.8. The van der Waals surface area contributed by atoms with Crippen LogP contribution in [0.3, 0.4) is 0 Å². The average Bonchev–Trinajstić information content (AvgIpc) is 3.63. The van der Waals surface area contributed by atoms with Gasteiger partial charge >= 0.3 is 12.1 Å². The first-order valence-corrected chi connectivity index (χ1v) is 11.1. The van der Waals surface area contributed by atoms with E-state index in [9.17, 15) is 27.9 Å². The molecule has 1 N–H and O–H groups in total. The lowest BCUT2D eigenvalue weighted by Gasteiger charge is -2.31. The summed E-state index contributed by atoms with van der Waals surface area (Å²) >= 11 is 0. The zero-order valence-electron chi connectivity index (χ0n) is 18.1. The van der Waals surface area contributed by atoms with E-state index in [4.69, 9.17) is 4.74 Å². The largest absolute Gasteiger partial charge is 0.504 e. The highest BCUT2D eigenvalue weighted by atomic mass is 19.4. The number of hydrogen-bond acceptors (Lipinski definition) is 4. The van der Waals surface area contributed by atoms with Crippen molar-refractivity contribution in [3.8, 4) is 0 Å². The van der Waals surface area contributed by atoms with Crippen LogP contribution < -0.4 is 0 Å². The number of rotatable bonds is 7. The van der Waals surface area contributed by atoms with E-state index in [1.165, 1.54) is 12.1 Å². The van der Waals surface area contributed by atoms with Gasteiger partial charge < -0.3 is 9.84 Å². The Kier molecular flexibility index (Phi) is 6.32. The number of ether oxygens (including phenoxy) is 1. The number of carbonyl (C=O) groups excluding carboxylic acids is 2. The van der Waals surface area contributed by atoms with E-state index in [1.807, 2.05) is 37.3 Å². The number of ketones is 1. The molecule has 0 amide bonds. The summed E-state index contributed by atoms with van der Waals surface area (Å²) < 4.78 is 44.1. The summed E-state index contributed by atoms with van der Waals surface area (Å²) in [5, 5.41) is 10.8. The minimum absolute atomic E-state index is 0.00864. The Balaban J connectivity index is 1.58. The molecule has 4 nitrogen and oxygen atoms in total. The fourth-order valence-corrected chi connectivity index (χ4v) is 4.54. The first-order chi connectivity index (χ1) is 15.7. The zero-order valence-corrected chi connectivity index (χ0v) is 18.1. The molecule has 3 atom stereocenters. The maximum Gasteiger partial charge on any atom is 0.416 e. The van der Waals surface area contributed by atoms with Gasteiger partial charge in [-0.2, -0.15) is 13.2 Å². The quantitative estimate of drug-likeness (QED) is 0.535. The van der Waals surface area contributed by atoms with E-state index in [1.54, 1.807) is 0 Å². The summed E-state index contributed by atoms with van der Waals surface area (Å²) in [6.07, 6.45) is -3.13. The second-order valence-corrected chi connectivity index (χ2v) is 8.75. The second-order valence-electron chi connectivity index (χ2n) is 8.75. The molecule has 0 spiro atoms. The lowest BCUT2D eigenvalue weighted by Crippen LogP contribution is -2.42. The van der Waals surface area contributed by atoms with E-state index < -0.39 is 47.2 Å². The van der Waals surface area contributed by atoms with Gasteiger partial charge in [0.25, 0.3) is 0 Å². The molecule has 174 valence electrons. The first kappa shape index (κ1) is 23.1. The van der Waals surface area contributed by atoms with E-state index in [2.05, 4.69) is 0 Å². The van der Waals surface area contributed by atoms with E-state index >= 15 is 0 Å².